The number of carbonyl (C=O) groups excluding carboxylic acids is 2. The van der Waals surface area contributed by atoms with Crippen molar-refractivity contribution in [2.75, 3.05) is 17.2 Å². The van der Waals surface area contributed by atoms with Crippen LogP contribution in [0.4, 0.5) is 24.5 Å². The van der Waals surface area contributed by atoms with Crippen LogP contribution in [0.25, 0.3) is 0 Å². The van der Waals surface area contributed by atoms with E-state index in [0.717, 1.165) is 6.07 Å². The molecule has 0 aliphatic heterocycles. The molecule has 2 amide bonds. The third-order valence-corrected chi connectivity index (χ3v) is 3.51. The van der Waals surface area contributed by atoms with E-state index >= 15 is 0 Å². The SMILES string of the molecule is NC(=O)c1ccc(NCC(=O)Nc2ccccc2C(F)(F)F)cc1Cl. The summed E-state index contributed by atoms with van der Waals surface area (Å²) in [5, 5.41) is 5.00. The molecule has 4 N–H and O–H groups in total. The Labute approximate surface area is 146 Å². The molecule has 0 saturated heterocycles. The Bertz CT molecular complexity index is 809. The topological polar surface area (TPSA) is 84.2 Å². The van der Waals surface area contributed by atoms with Crippen LogP contribution in [0.2, 0.25) is 5.02 Å². The quantitative estimate of drug-likeness (QED) is 0.752. The number of nitrogens with two attached hydrogens (primary N) is 1. The van der Waals surface area contributed by atoms with Crippen LogP contribution in [0.15, 0.2) is 42.5 Å². The third kappa shape index (κ3) is 4.87. The van der Waals surface area contributed by atoms with Crippen LogP contribution in [0.1, 0.15) is 15.9 Å². The van der Waals surface area contributed by atoms with Crippen molar-refractivity contribution >= 4 is 34.8 Å². The Kier molecular flexibility index (Phi) is 5.53. The maximum absolute atomic E-state index is 12.9. The van der Waals surface area contributed by atoms with E-state index in [1.807, 2.05) is 0 Å². The van der Waals surface area contributed by atoms with Gasteiger partial charge in [-0.2, -0.15) is 13.2 Å². The summed E-state index contributed by atoms with van der Waals surface area (Å²) in [5.74, 6) is -1.37. The Hall–Kier alpha value is -2.74. The first-order valence-corrected chi connectivity index (χ1v) is 7.35. The number of amides is 2. The minimum atomic E-state index is -4.57. The lowest BCUT2D eigenvalue weighted by Crippen LogP contribution is -2.23. The fourth-order valence-electron chi connectivity index (χ4n) is 2.04. The molecule has 0 radical (unpaired) electrons. The van der Waals surface area contributed by atoms with E-state index in [1.165, 1.54) is 36.4 Å². The van der Waals surface area contributed by atoms with E-state index in [-0.39, 0.29) is 22.8 Å². The van der Waals surface area contributed by atoms with Gasteiger partial charge in [-0.1, -0.05) is 23.7 Å². The van der Waals surface area contributed by atoms with E-state index < -0.39 is 23.6 Å². The smallest absolute Gasteiger partial charge is 0.376 e. The van der Waals surface area contributed by atoms with Gasteiger partial charge in [-0.25, -0.2) is 0 Å². The number of halogens is 4. The number of hydrogen-bond donors (Lipinski definition) is 3. The number of rotatable bonds is 5. The number of alkyl halides is 3. The fraction of sp³-hybridized carbons (Fsp3) is 0.125. The number of para-hydroxylation sites is 1. The van der Waals surface area contributed by atoms with Gasteiger partial charge < -0.3 is 16.4 Å². The normalized spacial score (nSPS) is 11.0. The summed E-state index contributed by atoms with van der Waals surface area (Å²) >= 11 is 5.87. The van der Waals surface area contributed by atoms with Crippen molar-refractivity contribution in [1.29, 1.82) is 0 Å². The molecule has 0 spiro atoms. The highest BCUT2D eigenvalue weighted by Gasteiger charge is 2.33. The van der Waals surface area contributed by atoms with Crippen LogP contribution < -0.4 is 16.4 Å². The van der Waals surface area contributed by atoms with Crippen molar-refractivity contribution in [3.05, 3.63) is 58.6 Å². The second kappa shape index (κ2) is 7.43. The van der Waals surface area contributed by atoms with E-state index in [2.05, 4.69) is 10.6 Å². The zero-order valence-electron chi connectivity index (χ0n) is 12.7. The van der Waals surface area contributed by atoms with Crippen LogP contribution in [0.5, 0.6) is 0 Å². The second-order valence-electron chi connectivity index (χ2n) is 5.00. The molecule has 0 aromatic heterocycles. The van der Waals surface area contributed by atoms with E-state index in [0.29, 0.717) is 5.69 Å². The molecule has 0 heterocycles. The molecule has 0 aliphatic carbocycles. The van der Waals surface area contributed by atoms with Gasteiger partial charge in [0.05, 0.1) is 28.4 Å². The van der Waals surface area contributed by atoms with Crippen LogP contribution in [0, 0.1) is 0 Å². The average Bonchev–Trinajstić information content (AvgIpc) is 2.52. The molecule has 0 unspecified atom stereocenters. The molecular formula is C16H13ClF3N3O2. The summed E-state index contributed by atoms with van der Waals surface area (Å²) in [6, 6.07) is 8.91. The molecule has 2 rings (SSSR count). The molecule has 9 heteroatoms. The molecule has 25 heavy (non-hydrogen) atoms. The predicted molar refractivity (Wildman–Crippen MR) is 88.5 cm³/mol. The van der Waals surface area contributed by atoms with Crippen molar-refractivity contribution < 1.29 is 22.8 Å². The number of anilines is 2. The maximum Gasteiger partial charge on any atom is 0.418 e. The lowest BCUT2D eigenvalue weighted by Gasteiger charge is -2.14. The van der Waals surface area contributed by atoms with Gasteiger partial charge in [0, 0.05) is 5.69 Å². The summed E-state index contributed by atoms with van der Waals surface area (Å²) in [6.07, 6.45) is -4.57. The Morgan fingerprint density at radius 3 is 2.40 bits per heavy atom. The Morgan fingerprint density at radius 1 is 1.12 bits per heavy atom. The minimum absolute atomic E-state index is 0.0975. The second-order valence-corrected chi connectivity index (χ2v) is 5.41. The van der Waals surface area contributed by atoms with Gasteiger partial charge >= 0.3 is 6.18 Å². The molecule has 2 aromatic carbocycles. The van der Waals surface area contributed by atoms with Crippen molar-refractivity contribution in [3.8, 4) is 0 Å². The van der Waals surface area contributed by atoms with Gasteiger partial charge in [0.15, 0.2) is 0 Å². The van der Waals surface area contributed by atoms with Gasteiger partial charge in [0.2, 0.25) is 11.8 Å². The lowest BCUT2D eigenvalue weighted by molar-refractivity contribution is -0.137. The number of benzene rings is 2. The molecule has 2 aromatic rings. The Morgan fingerprint density at radius 2 is 1.80 bits per heavy atom. The van der Waals surface area contributed by atoms with Crippen molar-refractivity contribution in [2.45, 2.75) is 6.18 Å². The van der Waals surface area contributed by atoms with Gasteiger partial charge in [-0.3, -0.25) is 9.59 Å². The van der Waals surface area contributed by atoms with Gasteiger partial charge in [0.25, 0.3) is 0 Å². The molecule has 0 atom stereocenters. The minimum Gasteiger partial charge on any atom is -0.376 e. The predicted octanol–water partition coefficient (Wildman–Crippen LogP) is 3.51. The maximum atomic E-state index is 12.9. The average molecular weight is 372 g/mol. The number of carbonyl (C=O) groups is 2. The van der Waals surface area contributed by atoms with Crippen molar-refractivity contribution in [3.63, 3.8) is 0 Å². The third-order valence-electron chi connectivity index (χ3n) is 3.19. The highest BCUT2D eigenvalue weighted by atomic mass is 35.5. The van der Waals surface area contributed by atoms with Gasteiger partial charge in [-0.05, 0) is 30.3 Å². The number of primary amides is 1. The van der Waals surface area contributed by atoms with Crippen LogP contribution in [-0.4, -0.2) is 18.4 Å². The van der Waals surface area contributed by atoms with Gasteiger partial charge in [0.1, 0.15) is 0 Å². The first-order chi connectivity index (χ1) is 11.7. The summed E-state index contributed by atoms with van der Waals surface area (Å²) in [4.78, 5) is 23.0. The van der Waals surface area contributed by atoms with Crippen molar-refractivity contribution in [2.24, 2.45) is 5.73 Å². The van der Waals surface area contributed by atoms with Crippen LogP contribution >= 0.6 is 11.6 Å². The zero-order valence-corrected chi connectivity index (χ0v) is 13.4. The van der Waals surface area contributed by atoms with E-state index in [1.54, 1.807) is 0 Å². The van der Waals surface area contributed by atoms with Crippen molar-refractivity contribution in [1.82, 2.24) is 0 Å². The number of hydrogen-bond acceptors (Lipinski definition) is 3. The standard InChI is InChI=1S/C16H13ClF3N3O2/c17-12-7-9(5-6-10(12)15(21)25)22-8-14(24)23-13-4-2-1-3-11(13)16(18,19)20/h1-7,22H,8H2,(H2,21,25)(H,23,24). The summed E-state index contributed by atoms with van der Waals surface area (Å²) in [7, 11) is 0. The van der Waals surface area contributed by atoms with Gasteiger partial charge in [-0.15, -0.1) is 0 Å². The zero-order chi connectivity index (χ0) is 18.6. The Balaban J connectivity index is 2.03. The number of nitrogens with one attached hydrogen (secondary N) is 2. The molecule has 0 fully saturated rings. The fourth-order valence-corrected chi connectivity index (χ4v) is 2.31. The van der Waals surface area contributed by atoms with Crippen LogP contribution in [-0.2, 0) is 11.0 Å². The van der Waals surface area contributed by atoms with E-state index in [9.17, 15) is 22.8 Å². The highest BCUT2D eigenvalue weighted by molar-refractivity contribution is 6.34. The van der Waals surface area contributed by atoms with Crippen LogP contribution in [0.3, 0.4) is 0 Å². The molecule has 132 valence electrons. The summed E-state index contributed by atoms with van der Waals surface area (Å²) in [6.45, 7) is -0.293. The lowest BCUT2D eigenvalue weighted by atomic mass is 10.1. The first kappa shape index (κ1) is 18.6. The molecule has 0 saturated carbocycles. The molecule has 0 bridgehead atoms. The van der Waals surface area contributed by atoms with E-state index in [4.69, 9.17) is 17.3 Å². The first-order valence-electron chi connectivity index (χ1n) is 6.98. The molecule has 0 aliphatic rings. The molecule has 5 nitrogen and oxygen atoms in total. The monoisotopic (exact) mass is 371 g/mol. The molecular weight excluding hydrogens is 359 g/mol. The largest absolute Gasteiger partial charge is 0.418 e. The summed E-state index contributed by atoms with van der Waals surface area (Å²) in [5.41, 5.74) is 4.39. The highest BCUT2D eigenvalue weighted by Crippen LogP contribution is 2.34. The summed E-state index contributed by atoms with van der Waals surface area (Å²) < 4.78 is 38.6.